The Hall–Kier alpha value is -1.05. The summed E-state index contributed by atoms with van der Waals surface area (Å²) >= 11 is 0. The third-order valence-electron chi connectivity index (χ3n) is 2.08. The molecule has 0 spiro atoms. The second-order valence-corrected chi connectivity index (χ2v) is 5.47. The molecule has 1 rings (SSSR count). The molecule has 0 aliphatic rings. The van der Waals surface area contributed by atoms with Gasteiger partial charge >= 0.3 is 0 Å². The zero-order valence-electron chi connectivity index (χ0n) is 9.28. The van der Waals surface area contributed by atoms with Gasteiger partial charge in [-0.3, -0.25) is 0 Å². The predicted octanol–water partition coefficient (Wildman–Crippen LogP) is 0.980. The quantitative estimate of drug-likeness (QED) is 0.832. The van der Waals surface area contributed by atoms with Gasteiger partial charge in [0.05, 0.1) is 0 Å². The molecule has 0 aromatic heterocycles. The van der Waals surface area contributed by atoms with Crippen LogP contribution in [0.5, 0.6) is 0 Å². The van der Waals surface area contributed by atoms with Crippen LogP contribution in [0, 0.1) is 11.6 Å². The van der Waals surface area contributed by atoms with Crippen LogP contribution in [0.2, 0.25) is 0 Å². The van der Waals surface area contributed by atoms with E-state index in [0.717, 1.165) is 12.1 Å². The van der Waals surface area contributed by atoms with Crippen LogP contribution in [0.4, 0.5) is 8.78 Å². The molecule has 0 amide bonds. The van der Waals surface area contributed by atoms with Crippen molar-refractivity contribution in [3.05, 3.63) is 29.8 Å². The highest BCUT2D eigenvalue weighted by atomic mass is 32.2. The second-order valence-electron chi connectivity index (χ2n) is 3.74. The number of rotatable bonds is 5. The van der Waals surface area contributed by atoms with Gasteiger partial charge in [0.15, 0.2) is 0 Å². The fourth-order valence-electron chi connectivity index (χ4n) is 1.19. The maximum Gasteiger partial charge on any atom is 0.243 e. The molecule has 1 aromatic carbocycles. The van der Waals surface area contributed by atoms with Crippen LogP contribution in [0.15, 0.2) is 23.1 Å². The molecule has 0 aliphatic heterocycles. The van der Waals surface area contributed by atoms with Gasteiger partial charge in [0.2, 0.25) is 10.0 Å². The van der Waals surface area contributed by atoms with Crippen LogP contribution < -0.4 is 10.5 Å². The Morgan fingerprint density at radius 3 is 2.59 bits per heavy atom. The molecule has 0 radical (unpaired) electrons. The van der Waals surface area contributed by atoms with E-state index in [2.05, 4.69) is 4.72 Å². The summed E-state index contributed by atoms with van der Waals surface area (Å²) in [5, 5.41) is 0. The molecular formula is C10H14F2N2O2S. The smallest absolute Gasteiger partial charge is 0.243 e. The molecule has 1 atom stereocenters. The largest absolute Gasteiger partial charge is 0.328 e. The van der Waals surface area contributed by atoms with E-state index < -0.39 is 26.6 Å². The van der Waals surface area contributed by atoms with Crippen molar-refractivity contribution in [3.8, 4) is 0 Å². The summed E-state index contributed by atoms with van der Waals surface area (Å²) in [7, 11) is -3.95. The Morgan fingerprint density at radius 1 is 1.41 bits per heavy atom. The lowest BCUT2D eigenvalue weighted by molar-refractivity contribution is 0.540. The summed E-state index contributed by atoms with van der Waals surface area (Å²) in [6.07, 6.45) is 0.433. The van der Waals surface area contributed by atoms with Crippen LogP contribution in [-0.4, -0.2) is 21.0 Å². The van der Waals surface area contributed by atoms with E-state index in [-0.39, 0.29) is 12.6 Å². The second kappa shape index (κ2) is 5.52. The van der Waals surface area contributed by atoms with Gasteiger partial charge in [0.25, 0.3) is 0 Å². The molecule has 4 nitrogen and oxygen atoms in total. The minimum absolute atomic E-state index is 0.108. The summed E-state index contributed by atoms with van der Waals surface area (Å²) in [5.41, 5.74) is 5.45. The SMILES string of the molecule is C[C@@H](N)CCNS(=O)(=O)c1ccc(F)cc1F. The Balaban J connectivity index is 2.83. The van der Waals surface area contributed by atoms with Gasteiger partial charge in [-0.15, -0.1) is 0 Å². The van der Waals surface area contributed by atoms with Crippen molar-refractivity contribution in [1.29, 1.82) is 0 Å². The Morgan fingerprint density at radius 2 is 2.06 bits per heavy atom. The summed E-state index contributed by atoms with van der Waals surface area (Å²) in [5.74, 6) is -1.93. The first kappa shape index (κ1) is 14.0. The first-order valence-electron chi connectivity index (χ1n) is 5.03. The Labute approximate surface area is 98.9 Å². The highest BCUT2D eigenvalue weighted by Gasteiger charge is 2.18. The molecular weight excluding hydrogens is 250 g/mol. The van der Waals surface area contributed by atoms with Crippen molar-refractivity contribution in [2.75, 3.05) is 6.54 Å². The van der Waals surface area contributed by atoms with Gasteiger partial charge in [0.1, 0.15) is 16.5 Å². The minimum atomic E-state index is -3.95. The number of nitrogens with one attached hydrogen (secondary N) is 1. The number of nitrogens with two attached hydrogens (primary N) is 1. The molecule has 0 aliphatic carbocycles. The van der Waals surface area contributed by atoms with E-state index in [1.54, 1.807) is 6.92 Å². The number of benzene rings is 1. The van der Waals surface area contributed by atoms with Crippen molar-refractivity contribution >= 4 is 10.0 Å². The van der Waals surface area contributed by atoms with Gasteiger partial charge < -0.3 is 5.73 Å². The lowest BCUT2D eigenvalue weighted by Gasteiger charge is -2.09. The minimum Gasteiger partial charge on any atom is -0.328 e. The van der Waals surface area contributed by atoms with E-state index in [9.17, 15) is 17.2 Å². The third kappa shape index (κ3) is 4.03. The Kier molecular flexibility index (Phi) is 4.55. The van der Waals surface area contributed by atoms with Crippen LogP contribution in [0.25, 0.3) is 0 Å². The van der Waals surface area contributed by atoms with E-state index in [1.807, 2.05) is 0 Å². The maximum atomic E-state index is 13.2. The van der Waals surface area contributed by atoms with Crippen molar-refractivity contribution < 1.29 is 17.2 Å². The topological polar surface area (TPSA) is 72.2 Å². The fourth-order valence-corrected chi connectivity index (χ4v) is 2.30. The molecule has 0 bridgehead atoms. The maximum absolute atomic E-state index is 13.2. The number of hydrogen-bond acceptors (Lipinski definition) is 3. The van der Waals surface area contributed by atoms with Crippen LogP contribution >= 0.6 is 0 Å². The normalized spacial score (nSPS) is 13.6. The molecule has 96 valence electrons. The first-order chi connectivity index (χ1) is 7.83. The molecule has 1 aromatic rings. The third-order valence-corrected chi connectivity index (χ3v) is 3.57. The van der Waals surface area contributed by atoms with Crippen LogP contribution in [0.1, 0.15) is 13.3 Å². The van der Waals surface area contributed by atoms with Crippen molar-refractivity contribution in [2.24, 2.45) is 5.73 Å². The van der Waals surface area contributed by atoms with Gasteiger partial charge in [-0.1, -0.05) is 0 Å². The number of halogens is 2. The highest BCUT2D eigenvalue weighted by molar-refractivity contribution is 7.89. The van der Waals surface area contributed by atoms with Crippen molar-refractivity contribution in [1.82, 2.24) is 4.72 Å². The van der Waals surface area contributed by atoms with Crippen molar-refractivity contribution in [3.63, 3.8) is 0 Å². The van der Waals surface area contributed by atoms with E-state index in [1.165, 1.54) is 0 Å². The summed E-state index contributed by atoms with van der Waals surface area (Å²) < 4.78 is 51.3. The molecule has 0 fully saturated rings. The summed E-state index contributed by atoms with van der Waals surface area (Å²) in [6, 6.07) is 2.15. The highest BCUT2D eigenvalue weighted by Crippen LogP contribution is 2.15. The first-order valence-corrected chi connectivity index (χ1v) is 6.51. The van der Waals surface area contributed by atoms with Crippen LogP contribution in [-0.2, 0) is 10.0 Å². The molecule has 17 heavy (non-hydrogen) atoms. The van der Waals surface area contributed by atoms with E-state index >= 15 is 0 Å². The van der Waals surface area contributed by atoms with Gasteiger partial charge in [-0.2, -0.15) is 0 Å². The molecule has 0 saturated heterocycles. The number of hydrogen-bond donors (Lipinski definition) is 2. The average molecular weight is 264 g/mol. The predicted molar refractivity (Wildman–Crippen MR) is 59.8 cm³/mol. The monoisotopic (exact) mass is 264 g/mol. The lowest BCUT2D eigenvalue weighted by atomic mass is 10.3. The van der Waals surface area contributed by atoms with Crippen molar-refractivity contribution in [2.45, 2.75) is 24.3 Å². The molecule has 0 heterocycles. The van der Waals surface area contributed by atoms with E-state index in [4.69, 9.17) is 5.73 Å². The fraction of sp³-hybridized carbons (Fsp3) is 0.400. The standard InChI is InChI=1S/C10H14F2N2O2S/c1-7(13)4-5-14-17(15,16)10-3-2-8(11)6-9(10)12/h2-3,6-7,14H,4-5,13H2,1H3/t7-/m1/s1. The molecule has 0 unspecified atom stereocenters. The average Bonchev–Trinajstić information content (AvgIpc) is 2.15. The zero-order valence-corrected chi connectivity index (χ0v) is 10.1. The van der Waals surface area contributed by atoms with E-state index in [0.29, 0.717) is 12.5 Å². The Bertz CT molecular complexity index is 489. The number of sulfonamides is 1. The van der Waals surface area contributed by atoms with Gasteiger partial charge in [0, 0.05) is 18.7 Å². The molecule has 7 heteroatoms. The van der Waals surface area contributed by atoms with Gasteiger partial charge in [-0.25, -0.2) is 21.9 Å². The molecule has 3 N–H and O–H groups in total. The van der Waals surface area contributed by atoms with Gasteiger partial charge in [-0.05, 0) is 25.5 Å². The molecule has 0 saturated carbocycles. The lowest BCUT2D eigenvalue weighted by Crippen LogP contribution is -2.29. The summed E-state index contributed by atoms with van der Waals surface area (Å²) in [4.78, 5) is -0.566. The summed E-state index contributed by atoms with van der Waals surface area (Å²) in [6.45, 7) is 1.84. The van der Waals surface area contributed by atoms with Crippen LogP contribution in [0.3, 0.4) is 0 Å². The zero-order chi connectivity index (χ0) is 13.1.